The lowest BCUT2D eigenvalue weighted by Gasteiger charge is -2.23. The smallest absolute Gasteiger partial charge is 0.0594 e. The van der Waals surface area contributed by atoms with Crippen LogP contribution in [-0.2, 0) is 4.74 Å². The van der Waals surface area contributed by atoms with Crippen LogP contribution in [0.25, 0.3) is 0 Å². The Kier molecular flexibility index (Phi) is 8.40. The van der Waals surface area contributed by atoms with E-state index in [1.807, 2.05) is 0 Å². The summed E-state index contributed by atoms with van der Waals surface area (Å²) in [6, 6.07) is 0.659. The summed E-state index contributed by atoms with van der Waals surface area (Å²) in [7, 11) is 2.14. The summed E-state index contributed by atoms with van der Waals surface area (Å²) in [6.07, 6.45) is 2.50. The van der Waals surface area contributed by atoms with E-state index in [0.29, 0.717) is 19.2 Å². The average molecular weight is 188 g/mol. The van der Waals surface area contributed by atoms with Gasteiger partial charge in [-0.1, -0.05) is 13.3 Å². The lowest BCUT2D eigenvalue weighted by atomic mass is 10.2. The molecule has 0 rings (SSSR count). The normalized spacial score (nSPS) is 13.6. The van der Waals surface area contributed by atoms with Gasteiger partial charge in [0.15, 0.2) is 0 Å². The summed E-state index contributed by atoms with van der Waals surface area (Å²) in [5.74, 6) is 0. The van der Waals surface area contributed by atoms with Crippen LogP contribution in [0.5, 0.6) is 0 Å². The van der Waals surface area contributed by atoms with E-state index in [1.165, 1.54) is 12.8 Å². The van der Waals surface area contributed by atoms with Gasteiger partial charge in [0, 0.05) is 19.1 Å². The van der Waals surface area contributed by atoms with Crippen molar-refractivity contribution >= 4 is 0 Å². The minimum atomic E-state index is 0.619. The third-order valence-corrected chi connectivity index (χ3v) is 2.31. The van der Waals surface area contributed by atoms with Gasteiger partial charge in [-0.15, -0.1) is 0 Å². The molecular formula is C10H24N2O. The average Bonchev–Trinajstić information content (AvgIpc) is 2.12. The van der Waals surface area contributed by atoms with Crippen molar-refractivity contribution in [1.29, 1.82) is 0 Å². The van der Waals surface area contributed by atoms with Gasteiger partial charge in [-0.2, -0.15) is 0 Å². The van der Waals surface area contributed by atoms with Crippen molar-refractivity contribution in [1.82, 2.24) is 4.90 Å². The van der Waals surface area contributed by atoms with E-state index < -0.39 is 0 Å². The summed E-state index contributed by atoms with van der Waals surface area (Å²) in [5.41, 5.74) is 5.31. The molecule has 0 amide bonds. The minimum absolute atomic E-state index is 0.619. The number of nitrogens with two attached hydrogens (primary N) is 1. The van der Waals surface area contributed by atoms with Crippen molar-refractivity contribution in [3.8, 4) is 0 Å². The van der Waals surface area contributed by atoms with Crippen molar-refractivity contribution in [3.63, 3.8) is 0 Å². The fourth-order valence-electron chi connectivity index (χ4n) is 1.25. The largest absolute Gasteiger partial charge is 0.379 e. The molecule has 0 bridgehead atoms. The molecule has 0 aromatic rings. The quantitative estimate of drug-likeness (QED) is 0.579. The maximum absolute atomic E-state index is 5.32. The van der Waals surface area contributed by atoms with Crippen molar-refractivity contribution in [2.45, 2.75) is 32.7 Å². The Morgan fingerprint density at radius 1 is 1.38 bits per heavy atom. The zero-order chi connectivity index (χ0) is 10.1. The molecule has 0 aliphatic carbocycles. The van der Waals surface area contributed by atoms with E-state index in [-0.39, 0.29) is 0 Å². The van der Waals surface area contributed by atoms with Gasteiger partial charge in [-0.3, -0.25) is 0 Å². The molecule has 0 heterocycles. The SMILES string of the molecule is CCCC(C)N(C)CCOCCN. The van der Waals surface area contributed by atoms with Gasteiger partial charge in [0.05, 0.1) is 13.2 Å². The molecule has 80 valence electrons. The summed E-state index contributed by atoms with van der Waals surface area (Å²) in [6.45, 7) is 7.56. The third-order valence-electron chi connectivity index (χ3n) is 2.31. The summed E-state index contributed by atoms with van der Waals surface area (Å²) < 4.78 is 5.32. The lowest BCUT2D eigenvalue weighted by molar-refractivity contribution is 0.104. The molecule has 1 unspecified atom stereocenters. The molecule has 0 saturated heterocycles. The molecular weight excluding hydrogens is 164 g/mol. The number of nitrogens with zero attached hydrogens (tertiary/aromatic N) is 1. The van der Waals surface area contributed by atoms with E-state index in [2.05, 4.69) is 25.8 Å². The van der Waals surface area contributed by atoms with Crippen molar-refractivity contribution in [2.24, 2.45) is 5.73 Å². The predicted molar refractivity (Wildman–Crippen MR) is 56.9 cm³/mol. The van der Waals surface area contributed by atoms with Gasteiger partial charge in [-0.05, 0) is 20.4 Å². The lowest BCUT2D eigenvalue weighted by Crippen LogP contribution is -2.32. The van der Waals surface area contributed by atoms with Crippen molar-refractivity contribution in [3.05, 3.63) is 0 Å². The highest BCUT2D eigenvalue weighted by Gasteiger charge is 2.06. The Bertz CT molecular complexity index is 109. The molecule has 0 spiro atoms. The maximum Gasteiger partial charge on any atom is 0.0594 e. The molecule has 13 heavy (non-hydrogen) atoms. The highest BCUT2D eigenvalue weighted by Crippen LogP contribution is 2.02. The molecule has 0 saturated carbocycles. The maximum atomic E-state index is 5.32. The number of hydrogen-bond acceptors (Lipinski definition) is 3. The number of ether oxygens (including phenoxy) is 1. The van der Waals surface area contributed by atoms with E-state index >= 15 is 0 Å². The fraction of sp³-hybridized carbons (Fsp3) is 1.00. The molecule has 0 fully saturated rings. The first-order valence-electron chi connectivity index (χ1n) is 5.20. The van der Waals surface area contributed by atoms with Crippen LogP contribution in [0.3, 0.4) is 0 Å². The number of rotatable bonds is 8. The second kappa shape index (κ2) is 8.48. The summed E-state index contributed by atoms with van der Waals surface area (Å²) in [5, 5.41) is 0. The van der Waals surface area contributed by atoms with E-state index in [1.54, 1.807) is 0 Å². The third kappa shape index (κ3) is 6.99. The molecule has 3 nitrogen and oxygen atoms in total. The van der Waals surface area contributed by atoms with Gasteiger partial charge in [0.25, 0.3) is 0 Å². The Balaban J connectivity index is 3.32. The Morgan fingerprint density at radius 3 is 2.62 bits per heavy atom. The Morgan fingerprint density at radius 2 is 2.08 bits per heavy atom. The molecule has 1 atom stereocenters. The van der Waals surface area contributed by atoms with E-state index in [9.17, 15) is 0 Å². The van der Waals surface area contributed by atoms with Crippen LogP contribution in [0, 0.1) is 0 Å². The zero-order valence-corrected chi connectivity index (χ0v) is 9.25. The second-order valence-electron chi connectivity index (χ2n) is 3.52. The highest BCUT2D eigenvalue weighted by molar-refractivity contribution is 4.61. The molecule has 2 N–H and O–H groups in total. The van der Waals surface area contributed by atoms with Crippen molar-refractivity contribution < 1.29 is 4.74 Å². The van der Waals surface area contributed by atoms with Gasteiger partial charge in [-0.25, -0.2) is 0 Å². The summed E-state index contributed by atoms with van der Waals surface area (Å²) >= 11 is 0. The van der Waals surface area contributed by atoms with Crippen LogP contribution in [0.2, 0.25) is 0 Å². The van der Waals surface area contributed by atoms with Crippen LogP contribution in [0.1, 0.15) is 26.7 Å². The van der Waals surface area contributed by atoms with Gasteiger partial charge in [0.1, 0.15) is 0 Å². The standard InChI is InChI=1S/C10H24N2O/c1-4-5-10(2)12(3)7-9-13-8-6-11/h10H,4-9,11H2,1-3H3. The first kappa shape index (κ1) is 12.9. The monoisotopic (exact) mass is 188 g/mol. The molecule has 0 aliphatic heterocycles. The van der Waals surface area contributed by atoms with Gasteiger partial charge < -0.3 is 15.4 Å². The van der Waals surface area contributed by atoms with Crippen LogP contribution in [-0.4, -0.2) is 44.3 Å². The van der Waals surface area contributed by atoms with Gasteiger partial charge in [0.2, 0.25) is 0 Å². The molecule has 0 aliphatic rings. The second-order valence-corrected chi connectivity index (χ2v) is 3.52. The number of hydrogen-bond donors (Lipinski definition) is 1. The molecule has 0 aromatic heterocycles. The van der Waals surface area contributed by atoms with Crippen LogP contribution >= 0.6 is 0 Å². The number of likely N-dealkylation sites (N-methyl/N-ethyl adjacent to an activating group) is 1. The zero-order valence-electron chi connectivity index (χ0n) is 9.25. The summed E-state index contributed by atoms with van der Waals surface area (Å²) in [4.78, 5) is 2.33. The van der Waals surface area contributed by atoms with E-state index in [4.69, 9.17) is 10.5 Å². The molecule has 3 heteroatoms. The first-order chi connectivity index (χ1) is 6.22. The Hall–Kier alpha value is -0.120. The fourth-order valence-corrected chi connectivity index (χ4v) is 1.25. The van der Waals surface area contributed by atoms with Gasteiger partial charge >= 0.3 is 0 Å². The Labute approximate surface area is 82.2 Å². The van der Waals surface area contributed by atoms with Crippen molar-refractivity contribution in [2.75, 3.05) is 33.4 Å². The predicted octanol–water partition coefficient (Wildman–Crippen LogP) is 1.08. The minimum Gasteiger partial charge on any atom is -0.379 e. The van der Waals surface area contributed by atoms with E-state index in [0.717, 1.165) is 13.2 Å². The van der Waals surface area contributed by atoms with Crippen LogP contribution in [0.15, 0.2) is 0 Å². The molecule has 0 radical (unpaired) electrons. The first-order valence-corrected chi connectivity index (χ1v) is 5.20. The highest BCUT2D eigenvalue weighted by atomic mass is 16.5. The van der Waals surface area contributed by atoms with Crippen LogP contribution in [0.4, 0.5) is 0 Å². The molecule has 0 aromatic carbocycles. The topological polar surface area (TPSA) is 38.5 Å². The van der Waals surface area contributed by atoms with Crippen LogP contribution < -0.4 is 5.73 Å².